The monoisotopic (exact) mass is 415 g/mol. The molecule has 0 aliphatic carbocycles. The molecule has 0 radical (unpaired) electrons. The Labute approximate surface area is 162 Å². The fourth-order valence-corrected chi connectivity index (χ4v) is 3.90. The second-order valence-corrected chi connectivity index (χ2v) is 8.77. The number of benzene rings is 2. The molecule has 0 heterocycles. The number of rotatable bonds is 5. The van der Waals surface area contributed by atoms with Crippen LogP contribution in [0.3, 0.4) is 0 Å². The van der Waals surface area contributed by atoms with Gasteiger partial charge in [0.2, 0.25) is 15.9 Å². The molecule has 2 aromatic rings. The molecule has 0 saturated carbocycles. The number of nitrogens with two attached hydrogens (primary N) is 1. The van der Waals surface area contributed by atoms with Crippen LogP contribution in [-0.4, -0.2) is 32.2 Å². The molecule has 0 atom stereocenters. The zero-order valence-electron chi connectivity index (χ0n) is 14.5. The van der Waals surface area contributed by atoms with Crippen LogP contribution in [0.5, 0.6) is 0 Å². The third-order valence-corrected chi connectivity index (χ3v) is 6.34. The van der Waals surface area contributed by atoms with Gasteiger partial charge in [-0.15, -0.1) is 0 Å². The van der Waals surface area contributed by atoms with Crippen LogP contribution in [0.2, 0.25) is 10.0 Å². The van der Waals surface area contributed by atoms with Gasteiger partial charge >= 0.3 is 0 Å². The molecule has 6 nitrogen and oxygen atoms in total. The minimum Gasteiger partial charge on any atom is -0.396 e. The van der Waals surface area contributed by atoms with Crippen molar-refractivity contribution >= 4 is 50.5 Å². The summed E-state index contributed by atoms with van der Waals surface area (Å²) in [5.41, 5.74) is 8.03. The van der Waals surface area contributed by atoms with E-state index in [1.165, 1.54) is 25.2 Å². The van der Waals surface area contributed by atoms with Crippen LogP contribution in [0.4, 0.5) is 11.4 Å². The molecule has 2 rings (SSSR count). The van der Waals surface area contributed by atoms with Crippen molar-refractivity contribution < 1.29 is 13.2 Å². The van der Waals surface area contributed by atoms with E-state index < -0.39 is 15.9 Å². The summed E-state index contributed by atoms with van der Waals surface area (Å²) in [4.78, 5) is 12.3. The standard InChI is InChI=1S/C17H19Cl2N3O3S/c1-10-4-5-13(6-11(10)2)26(24,25)22(3)9-16(23)21-12-7-14(18)17(20)15(19)8-12/h4-8H,9,20H2,1-3H3,(H,21,23). The highest BCUT2D eigenvalue weighted by Crippen LogP contribution is 2.31. The Morgan fingerprint density at radius 3 is 2.23 bits per heavy atom. The molecule has 0 aliphatic rings. The number of halogens is 2. The fraction of sp³-hybridized carbons (Fsp3) is 0.235. The zero-order valence-corrected chi connectivity index (χ0v) is 16.8. The molecule has 26 heavy (non-hydrogen) atoms. The summed E-state index contributed by atoms with van der Waals surface area (Å²) in [5.74, 6) is -0.531. The fourth-order valence-electron chi connectivity index (χ4n) is 2.20. The zero-order chi connectivity index (χ0) is 19.6. The Balaban J connectivity index is 2.14. The van der Waals surface area contributed by atoms with Crippen molar-refractivity contribution in [1.29, 1.82) is 0 Å². The maximum atomic E-state index is 12.6. The summed E-state index contributed by atoms with van der Waals surface area (Å²) >= 11 is 11.8. The molecule has 9 heteroatoms. The van der Waals surface area contributed by atoms with Gasteiger partial charge in [0.05, 0.1) is 27.2 Å². The predicted octanol–water partition coefficient (Wildman–Crippen LogP) is 3.45. The van der Waals surface area contributed by atoms with Crippen molar-refractivity contribution in [2.75, 3.05) is 24.6 Å². The van der Waals surface area contributed by atoms with Crippen molar-refractivity contribution in [3.8, 4) is 0 Å². The van der Waals surface area contributed by atoms with Crippen molar-refractivity contribution in [3.05, 3.63) is 51.5 Å². The average molecular weight is 416 g/mol. The number of amides is 1. The molecule has 140 valence electrons. The molecule has 0 aromatic heterocycles. The first-order chi connectivity index (χ1) is 12.0. The van der Waals surface area contributed by atoms with Gasteiger partial charge in [-0.05, 0) is 49.2 Å². The average Bonchev–Trinajstić information content (AvgIpc) is 2.54. The first-order valence-electron chi connectivity index (χ1n) is 7.60. The van der Waals surface area contributed by atoms with Crippen molar-refractivity contribution in [1.82, 2.24) is 4.31 Å². The highest BCUT2D eigenvalue weighted by Gasteiger charge is 2.23. The van der Waals surface area contributed by atoms with Crippen LogP contribution in [0.15, 0.2) is 35.2 Å². The minimum absolute atomic E-state index is 0.134. The Morgan fingerprint density at radius 2 is 1.69 bits per heavy atom. The second-order valence-electron chi connectivity index (χ2n) is 5.91. The number of nitrogens with zero attached hydrogens (tertiary/aromatic N) is 1. The van der Waals surface area contributed by atoms with Gasteiger partial charge in [-0.25, -0.2) is 8.42 Å². The maximum absolute atomic E-state index is 12.6. The first-order valence-corrected chi connectivity index (χ1v) is 9.80. The molecule has 0 fully saturated rings. The van der Waals surface area contributed by atoms with Gasteiger partial charge in [0, 0.05) is 12.7 Å². The highest BCUT2D eigenvalue weighted by atomic mass is 35.5. The van der Waals surface area contributed by atoms with Crippen LogP contribution in [-0.2, 0) is 14.8 Å². The normalized spacial score (nSPS) is 11.6. The molecule has 1 amide bonds. The van der Waals surface area contributed by atoms with Gasteiger partial charge in [-0.3, -0.25) is 4.79 Å². The molecular weight excluding hydrogens is 397 g/mol. The summed E-state index contributed by atoms with van der Waals surface area (Å²) in [7, 11) is -2.45. The van der Waals surface area contributed by atoms with E-state index in [0.717, 1.165) is 15.4 Å². The van der Waals surface area contributed by atoms with Gasteiger partial charge in [-0.1, -0.05) is 29.3 Å². The van der Waals surface area contributed by atoms with Crippen LogP contribution >= 0.6 is 23.2 Å². The number of anilines is 2. The molecule has 0 unspecified atom stereocenters. The van der Waals surface area contributed by atoms with E-state index >= 15 is 0 Å². The van der Waals surface area contributed by atoms with Gasteiger partial charge in [0.1, 0.15) is 0 Å². The van der Waals surface area contributed by atoms with E-state index in [1.54, 1.807) is 12.1 Å². The lowest BCUT2D eigenvalue weighted by atomic mass is 10.1. The number of hydrogen-bond donors (Lipinski definition) is 2. The van der Waals surface area contributed by atoms with Crippen LogP contribution in [0.1, 0.15) is 11.1 Å². The Bertz CT molecular complexity index is 939. The predicted molar refractivity (Wildman–Crippen MR) is 105 cm³/mol. The number of sulfonamides is 1. The van der Waals surface area contributed by atoms with E-state index in [-0.39, 0.29) is 27.2 Å². The molecule has 0 spiro atoms. The topological polar surface area (TPSA) is 92.5 Å². The van der Waals surface area contributed by atoms with Crippen molar-refractivity contribution in [2.24, 2.45) is 0 Å². The lowest BCUT2D eigenvalue weighted by Gasteiger charge is -2.18. The number of nitrogens with one attached hydrogen (secondary N) is 1. The van der Waals surface area contributed by atoms with Crippen molar-refractivity contribution in [2.45, 2.75) is 18.7 Å². The van der Waals surface area contributed by atoms with Crippen molar-refractivity contribution in [3.63, 3.8) is 0 Å². The third kappa shape index (κ3) is 4.48. The van der Waals surface area contributed by atoms with E-state index in [0.29, 0.717) is 5.69 Å². The molecule has 0 saturated heterocycles. The van der Waals surface area contributed by atoms with E-state index in [9.17, 15) is 13.2 Å². The van der Waals surface area contributed by atoms with Gasteiger partial charge in [-0.2, -0.15) is 4.31 Å². The van der Waals surface area contributed by atoms with Crippen LogP contribution in [0.25, 0.3) is 0 Å². The lowest BCUT2D eigenvalue weighted by molar-refractivity contribution is -0.116. The summed E-state index contributed by atoms with van der Waals surface area (Å²) in [6.07, 6.45) is 0. The first kappa shape index (κ1) is 20.5. The molecular formula is C17H19Cl2N3O3S. The van der Waals surface area contributed by atoms with E-state index in [4.69, 9.17) is 28.9 Å². The van der Waals surface area contributed by atoms with Crippen LogP contribution in [0, 0.1) is 13.8 Å². The SMILES string of the molecule is Cc1ccc(S(=O)(=O)N(C)CC(=O)Nc2cc(Cl)c(N)c(Cl)c2)cc1C. The Kier molecular flexibility index (Phi) is 6.18. The van der Waals surface area contributed by atoms with Gasteiger partial charge in [0.15, 0.2) is 0 Å². The molecule has 0 bridgehead atoms. The second kappa shape index (κ2) is 7.84. The smallest absolute Gasteiger partial charge is 0.243 e. The number of carbonyl (C=O) groups excluding carboxylic acids is 1. The highest BCUT2D eigenvalue weighted by molar-refractivity contribution is 7.89. The number of nitrogen functional groups attached to an aromatic ring is 1. The lowest BCUT2D eigenvalue weighted by Crippen LogP contribution is -2.35. The number of hydrogen-bond acceptors (Lipinski definition) is 4. The number of aryl methyl sites for hydroxylation is 2. The van der Waals surface area contributed by atoms with Crippen LogP contribution < -0.4 is 11.1 Å². The molecule has 0 aliphatic heterocycles. The summed E-state index contributed by atoms with van der Waals surface area (Å²) in [6.45, 7) is 3.36. The Morgan fingerprint density at radius 1 is 1.12 bits per heavy atom. The maximum Gasteiger partial charge on any atom is 0.243 e. The number of likely N-dealkylation sites (N-methyl/N-ethyl adjacent to an activating group) is 1. The van der Waals surface area contributed by atoms with Gasteiger partial charge in [0.25, 0.3) is 0 Å². The van der Waals surface area contributed by atoms with E-state index in [1.807, 2.05) is 13.8 Å². The largest absolute Gasteiger partial charge is 0.396 e. The minimum atomic E-state index is -3.79. The molecule has 3 N–H and O–H groups in total. The summed E-state index contributed by atoms with van der Waals surface area (Å²) in [6, 6.07) is 7.72. The summed E-state index contributed by atoms with van der Waals surface area (Å²) in [5, 5.41) is 2.95. The number of carbonyl (C=O) groups is 1. The Hall–Kier alpha value is -1.80. The third-order valence-electron chi connectivity index (χ3n) is 3.92. The molecule has 2 aromatic carbocycles. The quantitative estimate of drug-likeness (QED) is 0.731. The van der Waals surface area contributed by atoms with Gasteiger partial charge < -0.3 is 11.1 Å². The summed E-state index contributed by atoms with van der Waals surface area (Å²) < 4.78 is 26.2. The van der Waals surface area contributed by atoms with E-state index in [2.05, 4.69) is 5.32 Å².